The molecule has 0 unspecified atom stereocenters. The highest BCUT2D eigenvalue weighted by atomic mass is 35.5. The van der Waals surface area contributed by atoms with E-state index < -0.39 is 11.9 Å². The van der Waals surface area contributed by atoms with Crippen LogP contribution in [-0.4, -0.2) is 27.5 Å². The first-order valence-corrected chi connectivity index (χ1v) is 11.7. The first-order chi connectivity index (χ1) is 16.2. The monoisotopic (exact) mass is 494 g/mol. The summed E-state index contributed by atoms with van der Waals surface area (Å²) in [5, 5.41) is 0.482. The van der Waals surface area contributed by atoms with E-state index >= 15 is 0 Å². The van der Waals surface area contributed by atoms with Crippen LogP contribution in [0.2, 0.25) is 5.02 Å². The molecule has 0 bridgehead atoms. The number of benzene rings is 2. The van der Waals surface area contributed by atoms with Crippen molar-refractivity contribution >= 4 is 23.2 Å². The van der Waals surface area contributed by atoms with Crippen molar-refractivity contribution in [2.45, 2.75) is 52.5 Å². The Labute approximate surface area is 201 Å². The van der Waals surface area contributed by atoms with Crippen molar-refractivity contribution in [1.29, 1.82) is 0 Å². The van der Waals surface area contributed by atoms with Crippen LogP contribution in [0.5, 0.6) is 0 Å². The molecule has 0 saturated heterocycles. The van der Waals surface area contributed by atoms with Crippen LogP contribution in [0.15, 0.2) is 42.5 Å². The normalized spacial score (nSPS) is 14.1. The minimum atomic E-state index is -4.59. The molecule has 0 amide bonds. The first kappa shape index (κ1) is 24.5. The summed E-state index contributed by atoms with van der Waals surface area (Å²) in [5.41, 5.74) is 1.75. The molecule has 2 heterocycles. The van der Waals surface area contributed by atoms with Crippen molar-refractivity contribution in [3.05, 3.63) is 75.8 Å². The van der Waals surface area contributed by atoms with E-state index in [1.54, 1.807) is 27.7 Å². The van der Waals surface area contributed by atoms with Gasteiger partial charge in [0.1, 0.15) is 5.82 Å². The summed E-state index contributed by atoms with van der Waals surface area (Å²) < 4.78 is 57.4. The number of aryl methyl sites for hydroxylation is 1. The number of hydrogen-bond acceptors (Lipinski definition) is 3. The zero-order valence-electron chi connectivity index (χ0n) is 19.2. The molecule has 182 valence electrons. The molecule has 0 radical (unpaired) electrons. The minimum Gasteiger partial charge on any atom is -0.312 e. The molecule has 1 aliphatic heterocycles. The van der Waals surface area contributed by atoms with Crippen molar-refractivity contribution in [3.8, 4) is 0 Å². The third kappa shape index (κ3) is 5.23. The molecule has 0 saturated carbocycles. The summed E-state index contributed by atoms with van der Waals surface area (Å²) in [6, 6.07) is 11.6. The second kappa shape index (κ2) is 9.96. The zero-order chi connectivity index (χ0) is 24.5. The van der Waals surface area contributed by atoms with Gasteiger partial charge in [-0.05, 0) is 61.7 Å². The zero-order valence-corrected chi connectivity index (χ0v) is 19.9. The summed E-state index contributed by atoms with van der Waals surface area (Å²) >= 11 is 6.46. The van der Waals surface area contributed by atoms with Gasteiger partial charge in [0.25, 0.3) is 0 Å². The largest absolute Gasteiger partial charge is 0.435 e. The van der Waals surface area contributed by atoms with E-state index in [0.717, 1.165) is 17.5 Å². The summed E-state index contributed by atoms with van der Waals surface area (Å²) in [4.78, 5) is 7.83. The number of anilines is 2. The maximum absolute atomic E-state index is 14.1. The maximum atomic E-state index is 14.1. The third-order valence-corrected chi connectivity index (χ3v) is 6.26. The molecule has 4 rings (SSSR count). The SMILES string of the molecule is CCCN(Cc1ccc(F)cc1)Cc1c(C(F)(F)F)nc2n1CCCN2c1ccc(C)cc1Cl. The van der Waals surface area contributed by atoms with Crippen LogP contribution in [0.1, 0.15) is 42.3 Å². The summed E-state index contributed by atoms with van der Waals surface area (Å²) in [7, 11) is 0. The molecule has 1 aromatic heterocycles. The van der Waals surface area contributed by atoms with Gasteiger partial charge in [-0.2, -0.15) is 13.2 Å². The highest BCUT2D eigenvalue weighted by Gasteiger charge is 2.41. The third-order valence-electron chi connectivity index (χ3n) is 5.95. The molecule has 0 atom stereocenters. The van der Waals surface area contributed by atoms with Crippen LogP contribution >= 0.6 is 11.6 Å². The van der Waals surface area contributed by atoms with Crippen LogP contribution in [-0.2, 0) is 25.8 Å². The molecule has 9 heteroatoms. The van der Waals surface area contributed by atoms with E-state index in [-0.39, 0.29) is 24.0 Å². The number of hydrogen-bond donors (Lipinski definition) is 0. The van der Waals surface area contributed by atoms with E-state index in [0.29, 0.717) is 43.3 Å². The number of imidazole rings is 1. The van der Waals surface area contributed by atoms with Gasteiger partial charge in [-0.25, -0.2) is 9.37 Å². The van der Waals surface area contributed by atoms with Gasteiger partial charge >= 0.3 is 6.18 Å². The van der Waals surface area contributed by atoms with Gasteiger partial charge in [-0.15, -0.1) is 0 Å². The van der Waals surface area contributed by atoms with Crippen molar-refractivity contribution in [2.24, 2.45) is 0 Å². The van der Waals surface area contributed by atoms with Gasteiger partial charge in [0.05, 0.1) is 16.4 Å². The van der Waals surface area contributed by atoms with E-state index in [1.807, 2.05) is 30.9 Å². The fourth-order valence-electron chi connectivity index (χ4n) is 4.44. The van der Waals surface area contributed by atoms with Crippen LogP contribution in [0, 0.1) is 12.7 Å². The Hall–Kier alpha value is -2.58. The van der Waals surface area contributed by atoms with E-state index in [9.17, 15) is 17.6 Å². The number of rotatable bonds is 7. The Morgan fingerprint density at radius 1 is 1.06 bits per heavy atom. The number of alkyl halides is 3. The Balaban J connectivity index is 1.73. The summed E-state index contributed by atoms with van der Waals surface area (Å²) in [5.74, 6) is -0.0811. The average molecular weight is 495 g/mol. The Morgan fingerprint density at radius 3 is 2.44 bits per heavy atom. The quantitative estimate of drug-likeness (QED) is 0.332. The molecule has 4 nitrogen and oxygen atoms in total. The topological polar surface area (TPSA) is 24.3 Å². The van der Waals surface area contributed by atoms with Gasteiger partial charge < -0.3 is 9.47 Å². The highest BCUT2D eigenvalue weighted by Crippen LogP contribution is 2.40. The fraction of sp³-hybridized carbons (Fsp3) is 0.400. The molecule has 0 aliphatic carbocycles. The smallest absolute Gasteiger partial charge is 0.312 e. The van der Waals surface area contributed by atoms with Gasteiger partial charge in [-0.1, -0.05) is 36.7 Å². The number of halogens is 5. The number of nitrogens with zero attached hydrogens (tertiary/aromatic N) is 4. The molecule has 3 aromatic rings. The Morgan fingerprint density at radius 2 is 1.79 bits per heavy atom. The molecule has 2 aromatic carbocycles. The molecule has 0 fully saturated rings. The van der Waals surface area contributed by atoms with Crippen LogP contribution in [0.25, 0.3) is 0 Å². The van der Waals surface area contributed by atoms with Gasteiger partial charge in [-0.3, -0.25) is 4.90 Å². The van der Waals surface area contributed by atoms with E-state index in [1.165, 1.54) is 12.1 Å². The lowest BCUT2D eigenvalue weighted by molar-refractivity contribution is -0.141. The predicted octanol–water partition coefficient (Wildman–Crippen LogP) is 6.96. The second-order valence-corrected chi connectivity index (χ2v) is 9.06. The van der Waals surface area contributed by atoms with Crippen molar-refractivity contribution in [3.63, 3.8) is 0 Å². The molecule has 0 N–H and O–H groups in total. The molecule has 34 heavy (non-hydrogen) atoms. The lowest BCUT2D eigenvalue weighted by Crippen LogP contribution is -2.31. The predicted molar refractivity (Wildman–Crippen MR) is 126 cm³/mol. The lowest BCUT2D eigenvalue weighted by atomic mass is 10.2. The van der Waals surface area contributed by atoms with Crippen molar-refractivity contribution < 1.29 is 17.6 Å². The van der Waals surface area contributed by atoms with Crippen molar-refractivity contribution in [1.82, 2.24) is 14.5 Å². The van der Waals surface area contributed by atoms with Crippen LogP contribution in [0.3, 0.4) is 0 Å². The maximum Gasteiger partial charge on any atom is 0.435 e. The highest BCUT2D eigenvalue weighted by molar-refractivity contribution is 6.33. The summed E-state index contributed by atoms with van der Waals surface area (Å²) in [6.45, 7) is 5.98. The average Bonchev–Trinajstić information content (AvgIpc) is 3.15. The van der Waals surface area contributed by atoms with Crippen molar-refractivity contribution in [2.75, 3.05) is 18.0 Å². The molecular formula is C25H27ClF4N4. The standard InChI is InChI=1S/C25H27ClF4N4/c1-3-11-32(15-18-6-8-19(27)9-7-18)16-22-23(25(28,29)30)31-24-33(12-4-13-34(22)24)21-10-5-17(2)14-20(21)26/h5-10,14H,3-4,11-13,15-16H2,1-2H3. The van der Waals surface area contributed by atoms with E-state index in [2.05, 4.69) is 4.98 Å². The van der Waals surface area contributed by atoms with Gasteiger partial charge in [0.15, 0.2) is 5.69 Å². The van der Waals surface area contributed by atoms with E-state index in [4.69, 9.17) is 11.6 Å². The second-order valence-electron chi connectivity index (χ2n) is 8.65. The Bertz CT molecular complexity index is 1140. The molecule has 0 spiro atoms. The minimum absolute atomic E-state index is 0.0858. The van der Waals surface area contributed by atoms with Crippen LogP contribution in [0.4, 0.5) is 29.2 Å². The fourth-order valence-corrected chi connectivity index (χ4v) is 4.77. The molecular weight excluding hydrogens is 468 g/mol. The lowest BCUT2D eigenvalue weighted by Gasteiger charge is -2.31. The van der Waals surface area contributed by atoms with Gasteiger partial charge in [0.2, 0.25) is 5.95 Å². The van der Waals surface area contributed by atoms with Gasteiger partial charge in [0, 0.05) is 26.2 Å². The number of fused-ring (bicyclic) bond motifs is 1. The van der Waals surface area contributed by atoms with Crippen LogP contribution < -0.4 is 4.90 Å². The first-order valence-electron chi connectivity index (χ1n) is 11.3. The summed E-state index contributed by atoms with van der Waals surface area (Å²) in [6.07, 6.45) is -3.14. The number of aromatic nitrogens is 2. The molecule has 1 aliphatic rings. The Kier molecular flexibility index (Phi) is 7.19.